The SMILES string of the molecule is Cc1nnc(-c2ccc([N+](=O)[O-])cc2Br)nn1. The fraction of sp³-hybridized carbons (Fsp3) is 0.111. The van der Waals surface area contributed by atoms with Gasteiger partial charge in [0.1, 0.15) is 0 Å². The average molecular weight is 296 g/mol. The van der Waals surface area contributed by atoms with Crippen LogP contribution in [0.3, 0.4) is 0 Å². The molecule has 0 fully saturated rings. The number of aryl methyl sites for hydroxylation is 1. The highest BCUT2D eigenvalue weighted by Gasteiger charge is 2.12. The van der Waals surface area contributed by atoms with Crippen LogP contribution >= 0.6 is 15.9 Å². The van der Waals surface area contributed by atoms with Gasteiger partial charge in [-0.2, -0.15) is 0 Å². The van der Waals surface area contributed by atoms with E-state index in [1.165, 1.54) is 12.1 Å². The van der Waals surface area contributed by atoms with Gasteiger partial charge in [0.25, 0.3) is 5.69 Å². The molecule has 0 bridgehead atoms. The number of aromatic nitrogens is 4. The molecule has 0 saturated carbocycles. The van der Waals surface area contributed by atoms with Gasteiger partial charge in [-0.1, -0.05) is 0 Å². The summed E-state index contributed by atoms with van der Waals surface area (Å²) in [6, 6.07) is 4.32. The van der Waals surface area contributed by atoms with Crippen molar-refractivity contribution in [1.29, 1.82) is 0 Å². The highest BCUT2D eigenvalue weighted by molar-refractivity contribution is 9.10. The second kappa shape index (κ2) is 4.50. The predicted molar refractivity (Wildman–Crippen MR) is 62.1 cm³/mol. The molecule has 0 amide bonds. The van der Waals surface area contributed by atoms with E-state index in [0.717, 1.165) is 0 Å². The smallest absolute Gasteiger partial charge is 0.258 e. The van der Waals surface area contributed by atoms with Crippen LogP contribution in [0.4, 0.5) is 5.69 Å². The Labute approximate surface area is 104 Å². The highest BCUT2D eigenvalue weighted by atomic mass is 79.9. The average Bonchev–Trinajstić information content (AvgIpc) is 2.30. The maximum atomic E-state index is 10.6. The molecule has 1 heterocycles. The van der Waals surface area contributed by atoms with Gasteiger partial charge in [0.15, 0.2) is 5.82 Å². The minimum Gasteiger partial charge on any atom is -0.258 e. The van der Waals surface area contributed by atoms with E-state index in [1.807, 2.05) is 0 Å². The molecule has 0 atom stereocenters. The number of hydrogen-bond donors (Lipinski definition) is 0. The lowest BCUT2D eigenvalue weighted by molar-refractivity contribution is -0.384. The molecule has 2 rings (SSSR count). The number of nitro groups is 1. The van der Waals surface area contributed by atoms with Crippen molar-refractivity contribution < 1.29 is 4.92 Å². The first kappa shape index (κ1) is 11.5. The lowest BCUT2D eigenvalue weighted by atomic mass is 10.2. The molecule has 0 spiro atoms. The Morgan fingerprint density at radius 2 is 1.88 bits per heavy atom. The first-order chi connectivity index (χ1) is 8.08. The summed E-state index contributed by atoms with van der Waals surface area (Å²) in [4.78, 5) is 10.1. The molecule has 2 aromatic rings. The summed E-state index contributed by atoms with van der Waals surface area (Å²) in [5.74, 6) is 0.782. The van der Waals surface area contributed by atoms with E-state index >= 15 is 0 Å². The van der Waals surface area contributed by atoms with E-state index in [-0.39, 0.29) is 5.69 Å². The summed E-state index contributed by atoms with van der Waals surface area (Å²) in [7, 11) is 0. The summed E-state index contributed by atoms with van der Waals surface area (Å²) >= 11 is 3.23. The Bertz CT molecular complexity index is 572. The summed E-state index contributed by atoms with van der Waals surface area (Å²) in [5.41, 5.74) is 0.601. The first-order valence-corrected chi connectivity index (χ1v) is 5.35. The van der Waals surface area contributed by atoms with Crippen LogP contribution in [0.1, 0.15) is 5.82 Å². The second-order valence-electron chi connectivity index (χ2n) is 3.19. The molecular weight excluding hydrogens is 290 g/mol. The van der Waals surface area contributed by atoms with Crippen molar-refractivity contribution in [3.8, 4) is 11.4 Å². The molecule has 0 aliphatic heterocycles. The molecule has 86 valence electrons. The zero-order valence-electron chi connectivity index (χ0n) is 8.66. The van der Waals surface area contributed by atoms with Gasteiger partial charge in [0.05, 0.1) is 4.92 Å². The lowest BCUT2D eigenvalue weighted by Gasteiger charge is -2.01. The topological polar surface area (TPSA) is 94.7 Å². The normalized spacial score (nSPS) is 10.2. The van der Waals surface area contributed by atoms with Crippen LogP contribution in [0.2, 0.25) is 0 Å². The predicted octanol–water partition coefficient (Wildman–Crippen LogP) is 1.91. The number of non-ortho nitro benzene ring substituents is 1. The summed E-state index contributed by atoms with van der Waals surface area (Å²) in [5, 5.41) is 25.8. The molecule has 0 N–H and O–H groups in total. The third-order valence-corrected chi connectivity index (χ3v) is 2.64. The van der Waals surface area contributed by atoms with E-state index in [1.54, 1.807) is 13.0 Å². The number of benzene rings is 1. The Morgan fingerprint density at radius 1 is 1.24 bits per heavy atom. The van der Waals surface area contributed by atoms with Gasteiger partial charge in [-0.25, -0.2) is 0 Å². The van der Waals surface area contributed by atoms with Gasteiger partial charge in [-0.05, 0) is 28.9 Å². The summed E-state index contributed by atoms with van der Waals surface area (Å²) in [6.07, 6.45) is 0. The fourth-order valence-electron chi connectivity index (χ4n) is 1.19. The quantitative estimate of drug-likeness (QED) is 0.620. The second-order valence-corrected chi connectivity index (χ2v) is 4.05. The van der Waals surface area contributed by atoms with Gasteiger partial charge in [0, 0.05) is 22.2 Å². The molecule has 0 aliphatic rings. The van der Waals surface area contributed by atoms with E-state index < -0.39 is 4.92 Å². The van der Waals surface area contributed by atoms with E-state index in [0.29, 0.717) is 21.7 Å². The number of rotatable bonds is 2. The van der Waals surface area contributed by atoms with Crippen LogP contribution in [0.15, 0.2) is 22.7 Å². The summed E-state index contributed by atoms with van der Waals surface area (Å²) in [6.45, 7) is 1.68. The standard InChI is InChI=1S/C9H6BrN5O2/c1-5-11-13-9(14-12-5)7-3-2-6(15(16)17)4-8(7)10/h2-4H,1H3. The van der Waals surface area contributed by atoms with Crippen molar-refractivity contribution in [2.75, 3.05) is 0 Å². The molecule has 0 saturated heterocycles. The highest BCUT2D eigenvalue weighted by Crippen LogP contribution is 2.28. The Balaban J connectivity index is 2.46. The van der Waals surface area contributed by atoms with Crippen molar-refractivity contribution in [1.82, 2.24) is 20.4 Å². The van der Waals surface area contributed by atoms with E-state index in [2.05, 4.69) is 36.3 Å². The molecule has 1 aromatic heterocycles. The van der Waals surface area contributed by atoms with Crippen molar-refractivity contribution >= 4 is 21.6 Å². The van der Waals surface area contributed by atoms with Crippen LogP contribution < -0.4 is 0 Å². The minimum absolute atomic E-state index is 0.00587. The molecular formula is C9H6BrN5O2. The van der Waals surface area contributed by atoms with Gasteiger partial charge >= 0.3 is 0 Å². The van der Waals surface area contributed by atoms with Crippen LogP contribution in [0.5, 0.6) is 0 Å². The van der Waals surface area contributed by atoms with E-state index in [9.17, 15) is 10.1 Å². The van der Waals surface area contributed by atoms with Crippen LogP contribution in [0.25, 0.3) is 11.4 Å². The van der Waals surface area contributed by atoms with Crippen LogP contribution in [-0.4, -0.2) is 25.3 Å². The third-order valence-electron chi connectivity index (χ3n) is 1.98. The summed E-state index contributed by atoms with van der Waals surface area (Å²) < 4.78 is 0.527. The van der Waals surface area contributed by atoms with Gasteiger partial charge < -0.3 is 0 Å². The van der Waals surface area contributed by atoms with Crippen LogP contribution in [-0.2, 0) is 0 Å². The Hall–Kier alpha value is -1.96. The maximum Gasteiger partial charge on any atom is 0.270 e. The first-order valence-electron chi connectivity index (χ1n) is 4.56. The largest absolute Gasteiger partial charge is 0.270 e. The molecule has 0 unspecified atom stereocenters. The number of nitrogens with zero attached hydrogens (tertiary/aromatic N) is 5. The molecule has 0 radical (unpaired) electrons. The molecule has 7 nitrogen and oxygen atoms in total. The lowest BCUT2D eigenvalue weighted by Crippen LogP contribution is -1.99. The number of halogens is 1. The monoisotopic (exact) mass is 295 g/mol. The molecule has 1 aromatic carbocycles. The van der Waals surface area contributed by atoms with Crippen molar-refractivity contribution in [3.05, 3.63) is 38.6 Å². The molecule has 8 heteroatoms. The third kappa shape index (κ3) is 2.41. The van der Waals surface area contributed by atoms with Gasteiger partial charge in [0.2, 0.25) is 5.82 Å². The van der Waals surface area contributed by atoms with Gasteiger partial charge in [-0.15, -0.1) is 20.4 Å². The maximum absolute atomic E-state index is 10.6. The Kier molecular flexibility index (Phi) is 3.05. The van der Waals surface area contributed by atoms with E-state index in [4.69, 9.17) is 0 Å². The van der Waals surface area contributed by atoms with Crippen molar-refractivity contribution in [2.24, 2.45) is 0 Å². The van der Waals surface area contributed by atoms with Gasteiger partial charge in [-0.3, -0.25) is 10.1 Å². The number of nitro benzene ring substituents is 1. The number of hydrogen-bond acceptors (Lipinski definition) is 6. The zero-order valence-corrected chi connectivity index (χ0v) is 10.2. The van der Waals surface area contributed by atoms with Crippen molar-refractivity contribution in [2.45, 2.75) is 6.92 Å². The molecule has 17 heavy (non-hydrogen) atoms. The zero-order chi connectivity index (χ0) is 12.4. The van der Waals surface area contributed by atoms with Crippen LogP contribution in [0, 0.1) is 17.0 Å². The fourth-order valence-corrected chi connectivity index (χ4v) is 1.73. The molecule has 0 aliphatic carbocycles. The minimum atomic E-state index is -0.471. The van der Waals surface area contributed by atoms with Crippen molar-refractivity contribution in [3.63, 3.8) is 0 Å². The Morgan fingerprint density at radius 3 is 2.41 bits per heavy atom.